The Kier molecular flexibility index (Phi) is 5.47. The quantitative estimate of drug-likeness (QED) is 0.634. The Hall–Kier alpha value is -3.48. The van der Waals surface area contributed by atoms with Gasteiger partial charge in [0.25, 0.3) is 5.91 Å². The van der Waals surface area contributed by atoms with Crippen LogP contribution in [0.2, 0.25) is 0 Å². The topological polar surface area (TPSA) is 59.8 Å². The highest BCUT2D eigenvalue weighted by Gasteiger charge is 2.27. The van der Waals surface area contributed by atoms with Gasteiger partial charge in [0.15, 0.2) is 11.5 Å². The SMILES string of the molecule is Cc1cccc(N2CCN(C(=O)c3cn(C)nc3-c3ccc4c(c3)OCCCO4)CC2)c1. The second-order valence-corrected chi connectivity index (χ2v) is 8.40. The summed E-state index contributed by atoms with van der Waals surface area (Å²) in [5, 5.41) is 4.60. The van der Waals surface area contributed by atoms with Crippen molar-refractivity contribution in [1.82, 2.24) is 14.7 Å². The molecule has 2 aromatic carbocycles. The Morgan fingerprint density at radius 1 is 0.969 bits per heavy atom. The molecular weight excluding hydrogens is 404 g/mol. The highest BCUT2D eigenvalue weighted by Crippen LogP contribution is 2.35. The summed E-state index contributed by atoms with van der Waals surface area (Å²) >= 11 is 0. The Labute approximate surface area is 188 Å². The van der Waals surface area contributed by atoms with Crippen molar-refractivity contribution in [3.63, 3.8) is 0 Å². The molecule has 1 amide bonds. The Morgan fingerprint density at radius 2 is 1.75 bits per heavy atom. The summed E-state index contributed by atoms with van der Waals surface area (Å²) < 4.78 is 13.3. The molecular formula is C25H28N4O3. The van der Waals surface area contributed by atoms with Gasteiger partial charge in [0.05, 0.1) is 18.8 Å². The fourth-order valence-electron chi connectivity index (χ4n) is 4.33. The molecule has 5 rings (SSSR count). The summed E-state index contributed by atoms with van der Waals surface area (Å²) in [4.78, 5) is 17.7. The van der Waals surface area contributed by atoms with E-state index in [1.165, 1.54) is 11.3 Å². The van der Waals surface area contributed by atoms with E-state index in [4.69, 9.17) is 9.47 Å². The molecule has 3 aromatic rings. The number of aromatic nitrogens is 2. The predicted molar refractivity (Wildman–Crippen MR) is 124 cm³/mol. The van der Waals surface area contributed by atoms with Crippen LogP contribution in [0.4, 0.5) is 5.69 Å². The van der Waals surface area contributed by atoms with Crippen LogP contribution in [0.3, 0.4) is 0 Å². The number of hydrogen-bond donors (Lipinski definition) is 0. The van der Waals surface area contributed by atoms with Crippen LogP contribution in [0.5, 0.6) is 11.5 Å². The molecule has 7 nitrogen and oxygen atoms in total. The number of rotatable bonds is 3. The van der Waals surface area contributed by atoms with Crippen molar-refractivity contribution < 1.29 is 14.3 Å². The normalized spacial score (nSPS) is 16.1. The molecule has 0 spiro atoms. The van der Waals surface area contributed by atoms with Crippen LogP contribution in [0.25, 0.3) is 11.3 Å². The van der Waals surface area contributed by atoms with Crippen LogP contribution >= 0.6 is 0 Å². The first-order valence-corrected chi connectivity index (χ1v) is 11.1. The molecule has 0 bridgehead atoms. The van der Waals surface area contributed by atoms with Gasteiger partial charge in [-0.3, -0.25) is 9.48 Å². The predicted octanol–water partition coefficient (Wildman–Crippen LogP) is 3.52. The molecule has 1 saturated heterocycles. The minimum absolute atomic E-state index is 0.0177. The fourth-order valence-corrected chi connectivity index (χ4v) is 4.33. The van der Waals surface area contributed by atoms with Gasteiger partial charge in [-0.2, -0.15) is 5.10 Å². The number of carbonyl (C=O) groups is 1. The van der Waals surface area contributed by atoms with Crippen molar-refractivity contribution in [2.75, 3.05) is 44.3 Å². The van der Waals surface area contributed by atoms with E-state index in [-0.39, 0.29) is 5.91 Å². The van der Waals surface area contributed by atoms with Gasteiger partial charge >= 0.3 is 0 Å². The molecule has 0 unspecified atom stereocenters. The number of anilines is 1. The van der Waals surface area contributed by atoms with E-state index in [0.717, 1.165) is 30.8 Å². The molecule has 3 heterocycles. The molecule has 2 aliphatic rings. The van der Waals surface area contributed by atoms with E-state index < -0.39 is 0 Å². The fraction of sp³-hybridized carbons (Fsp3) is 0.360. The molecule has 0 saturated carbocycles. The third kappa shape index (κ3) is 4.02. The van der Waals surface area contributed by atoms with Crippen molar-refractivity contribution in [2.45, 2.75) is 13.3 Å². The number of piperazine rings is 1. The minimum Gasteiger partial charge on any atom is -0.490 e. The molecule has 1 aromatic heterocycles. The van der Waals surface area contributed by atoms with E-state index in [0.29, 0.717) is 43.3 Å². The number of fused-ring (bicyclic) bond motifs is 1. The smallest absolute Gasteiger partial charge is 0.257 e. The monoisotopic (exact) mass is 432 g/mol. The second-order valence-electron chi connectivity index (χ2n) is 8.40. The zero-order valence-corrected chi connectivity index (χ0v) is 18.6. The summed E-state index contributed by atoms with van der Waals surface area (Å²) in [5.74, 6) is 1.46. The standard InChI is InChI=1S/C25H28N4O3/c1-18-5-3-6-20(15-18)28-9-11-29(12-10-28)25(30)21-17-27(2)26-24(21)19-7-8-22-23(16-19)32-14-4-13-31-22/h3,5-8,15-17H,4,9-14H2,1-2H3. The maximum absolute atomic E-state index is 13.4. The van der Waals surface area contributed by atoms with Crippen LogP contribution in [0, 0.1) is 6.92 Å². The molecule has 166 valence electrons. The van der Waals surface area contributed by atoms with E-state index >= 15 is 0 Å². The number of benzene rings is 2. The molecule has 1 fully saturated rings. The minimum atomic E-state index is 0.0177. The summed E-state index contributed by atoms with van der Waals surface area (Å²) in [6.45, 7) is 6.37. The first kappa shape index (κ1) is 20.4. The summed E-state index contributed by atoms with van der Waals surface area (Å²) in [6.07, 6.45) is 2.67. The van der Waals surface area contributed by atoms with E-state index in [1.54, 1.807) is 4.68 Å². The number of carbonyl (C=O) groups excluding carboxylic acids is 1. The highest BCUT2D eigenvalue weighted by molar-refractivity contribution is 6.00. The van der Waals surface area contributed by atoms with E-state index in [9.17, 15) is 4.79 Å². The van der Waals surface area contributed by atoms with Crippen LogP contribution in [0.1, 0.15) is 22.3 Å². The average molecular weight is 433 g/mol. The Bertz CT molecular complexity index is 1130. The third-order valence-corrected chi connectivity index (χ3v) is 6.01. The summed E-state index contributed by atoms with van der Waals surface area (Å²) in [6, 6.07) is 14.3. The van der Waals surface area contributed by atoms with Crippen molar-refractivity contribution in [2.24, 2.45) is 7.05 Å². The average Bonchev–Trinajstić information content (AvgIpc) is 3.05. The van der Waals surface area contributed by atoms with Crippen LogP contribution in [-0.2, 0) is 7.05 Å². The van der Waals surface area contributed by atoms with Crippen molar-refractivity contribution in [3.8, 4) is 22.8 Å². The summed E-state index contributed by atoms with van der Waals surface area (Å²) in [5.41, 5.74) is 4.61. The number of aryl methyl sites for hydroxylation is 2. The van der Waals surface area contributed by atoms with Crippen LogP contribution in [0.15, 0.2) is 48.7 Å². The van der Waals surface area contributed by atoms with E-state index in [1.807, 2.05) is 36.3 Å². The number of amides is 1. The molecule has 2 aliphatic heterocycles. The van der Waals surface area contributed by atoms with Crippen LogP contribution in [-0.4, -0.2) is 60.0 Å². The zero-order chi connectivity index (χ0) is 22.1. The number of ether oxygens (including phenoxy) is 2. The van der Waals surface area contributed by atoms with Crippen molar-refractivity contribution >= 4 is 11.6 Å². The van der Waals surface area contributed by atoms with Gasteiger partial charge < -0.3 is 19.3 Å². The Balaban J connectivity index is 1.35. The highest BCUT2D eigenvalue weighted by atomic mass is 16.5. The van der Waals surface area contributed by atoms with Gasteiger partial charge in [-0.25, -0.2) is 0 Å². The first-order valence-electron chi connectivity index (χ1n) is 11.1. The maximum atomic E-state index is 13.4. The molecule has 0 radical (unpaired) electrons. The lowest BCUT2D eigenvalue weighted by molar-refractivity contribution is 0.0747. The first-order chi connectivity index (χ1) is 15.6. The van der Waals surface area contributed by atoms with E-state index in [2.05, 4.69) is 41.2 Å². The van der Waals surface area contributed by atoms with Gasteiger partial charge in [-0.1, -0.05) is 12.1 Å². The van der Waals surface area contributed by atoms with Gasteiger partial charge in [0, 0.05) is 57.1 Å². The van der Waals surface area contributed by atoms with Crippen molar-refractivity contribution in [1.29, 1.82) is 0 Å². The summed E-state index contributed by atoms with van der Waals surface area (Å²) in [7, 11) is 1.85. The molecule has 7 heteroatoms. The number of nitrogens with zero attached hydrogens (tertiary/aromatic N) is 4. The molecule has 0 aliphatic carbocycles. The lowest BCUT2D eigenvalue weighted by atomic mass is 10.1. The lowest BCUT2D eigenvalue weighted by Crippen LogP contribution is -2.48. The number of hydrogen-bond acceptors (Lipinski definition) is 5. The second kappa shape index (κ2) is 8.57. The zero-order valence-electron chi connectivity index (χ0n) is 18.6. The maximum Gasteiger partial charge on any atom is 0.257 e. The molecule has 0 atom stereocenters. The third-order valence-electron chi connectivity index (χ3n) is 6.01. The molecule has 32 heavy (non-hydrogen) atoms. The van der Waals surface area contributed by atoms with Gasteiger partial charge in [-0.15, -0.1) is 0 Å². The van der Waals surface area contributed by atoms with Gasteiger partial charge in [-0.05, 0) is 42.8 Å². The Morgan fingerprint density at radius 3 is 2.53 bits per heavy atom. The lowest BCUT2D eigenvalue weighted by Gasteiger charge is -2.36. The largest absolute Gasteiger partial charge is 0.490 e. The van der Waals surface area contributed by atoms with Gasteiger partial charge in [0.2, 0.25) is 0 Å². The van der Waals surface area contributed by atoms with Crippen LogP contribution < -0.4 is 14.4 Å². The van der Waals surface area contributed by atoms with Crippen molar-refractivity contribution in [3.05, 3.63) is 59.8 Å². The van der Waals surface area contributed by atoms with Gasteiger partial charge in [0.1, 0.15) is 5.69 Å². The molecule has 0 N–H and O–H groups in total.